The summed E-state index contributed by atoms with van der Waals surface area (Å²) < 4.78 is 0. The molecule has 0 spiro atoms. The van der Waals surface area contributed by atoms with Gasteiger partial charge in [0, 0.05) is 12.7 Å². The summed E-state index contributed by atoms with van der Waals surface area (Å²) in [5.74, 6) is 0.777. The van der Waals surface area contributed by atoms with Gasteiger partial charge in [0.15, 0.2) is 0 Å². The molecule has 0 radical (unpaired) electrons. The lowest BCUT2D eigenvalue weighted by Gasteiger charge is -2.07. The minimum absolute atomic E-state index is 0.471. The molecule has 2 heteroatoms. The number of pyridine rings is 1. The van der Waals surface area contributed by atoms with E-state index in [2.05, 4.69) is 51.0 Å². The zero-order chi connectivity index (χ0) is 12.7. The SMILES string of the molecule is Cc1cccnc1CNCC1C(C)(C)C1(C)C. The first-order valence-corrected chi connectivity index (χ1v) is 6.48. The molecular formula is C15H24N2. The summed E-state index contributed by atoms with van der Waals surface area (Å²) in [6, 6.07) is 4.11. The Kier molecular flexibility index (Phi) is 3.03. The summed E-state index contributed by atoms with van der Waals surface area (Å²) in [6.45, 7) is 13.6. The molecule has 1 aliphatic rings. The molecule has 1 aliphatic carbocycles. The van der Waals surface area contributed by atoms with E-state index >= 15 is 0 Å². The predicted octanol–water partition coefficient (Wildman–Crippen LogP) is 3.16. The fourth-order valence-corrected chi connectivity index (χ4v) is 2.88. The lowest BCUT2D eigenvalue weighted by Crippen LogP contribution is -2.20. The molecule has 17 heavy (non-hydrogen) atoms. The quantitative estimate of drug-likeness (QED) is 0.862. The van der Waals surface area contributed by atoms with Gasteiger partial charge in [-0.2, -0.15) is 0 Å². The zero-order valence-corrected chi connectivity index (χ0v) is 11.7. The van der Waals surface area contributed by atoms with E-state index in [0.717, 1.165) is 19.0 Å². The molecule has 2 nitrogen and oxygen atoms in total. The molecule has 1 heterocycles. The van der Waals surface area contributed by atoms with Crippen molar-refractivity contribution in [1.82, 2.24) is 10.3 Å². The van der Waals surface area contributed by atoms with Crippen LogP contribution in [0, 0.1) is 23.7 Å². The highest BCUT2D eigenvalue weighted by Gasteiger charge is 2.63. The van der Waals surface area contributed by atoms with Crippen LogP contribution in [-0.2, 0) is 6.54 Å². The first-order chi connectivity index (χ1) is 7.87. The zero-order valence-electron chi connectivity index (χ0n) is 11.7. The van der Waals surface area contributed by atoms with E-state index in [0.29, 0.717) is 10.8 Å². The Balaban J connectivity index is 1.84. The Labute approximate surface area is 105 Å². The Hall–Kier alpha value is -0.890. The van der Waals surface area contributed by atoms with Crippen molar-refractivity contribution in [3.63, 3.8) is 0 Å². The molecule has 94 valence electrons. The van der Waals surface area contributed by atoms with Crippen LogP contribution in [-0.4, -0.2) is 11.5 Å². The maximum absolute atomic E-state index is 4.41. The summed E-state index contributed by atoms with van der Waals surface area (Å²) in [5, 5.41) is 3.55. The fraction of sp³-hybridized carbons (Fsp3) is 0.667. The first-order valence-electron chi connectivity index (χ1n) is 6.48. The van der Waals surface area contributed by atoms with Crippen molar-refractivity contribution in [2.45, 2.75) is 41.2 Å². The maximum Gasteiger partial charge on any atom is 0.0570 e. The van der Waals surface area contributed by atoms with Crippen molar-refractivity contribution >= 4 is 0 Å². The molecule has 0 aromatic carbocycles. The van der Waals surface area contributed by atoms with Gasteiger partial charge in [-0.05, 0) is 41.8 Å². The number of hydrogen-bond acceptors (Lipinski definition) is 2. The molecule has 0 saturated heterocycles. The lowest BCUT2D eigenvalue weighted by atomic mass is 10.0. The van der Waals surface area contributed by atoms with Crippen LogP contribution in [0.3, 0.4) is 0 Å². The Morgan fingerprint density at radius 1 is 1.24 bits per heavy atom. The molecule has 0 amide bonds. The van der Waals surface area contributed by atoms with Crippen LogP contribution in [0.4, 0.5) is 0 Å². The Morgan fingerprint density at radius 3 is 2.41 bits per heavy atom. The van der Waals surface area contributed by atoms with Crippen LogP contribution in [0.5, 0.6) is 0 Å². The van der Waals surface area contributed by atoms with E-state index in [9.17, 15) is 0 Å². The number of rotatable bonds is 4. The largest absolute Gasteiger partial charge is 0.311 e. The van der Waals surface area contributed by atoms with Gasteiger partial charge in [0.05, 0.1) is 5.69 Å². The number of nitrogens with one attached hydrogen (secondary N) is 1. The van der Waals surface area contributed by atoms with Crippen LogP contribution in [0.15, 0.2) is 18.3 Å². The summed E-state index contributed by atoms with van der Waals surface area (Å²) in [4.78, 5) is 4.41. The summed E-state index contributed by atoms with van der Waals surface area (Å²) in [7, 11) is 0. The van der Waals surface area contributed by atoms with Crippen molar-refractivity contribution in [3.05, 3.63) is 29.6 Å². The number of nitrogens with zero attached hydrogens (tertiary/aromatic N) is 1. The molecular weight excluding hydrogens is 208 g/mol. The van der Waals surface area contributed by atoms with Crippen LogP contribution in [0.2, 0.25) is 0 Å². The molecule has 0 aliphatic heterocycles. The molecule has 1 aromatic heterocycles. The van der Waals surface area contributed by atoms with Crippen molar-refractivity contribution < 1.29 is 0 Å². The highest BCUT2D eigenvalue weighted by Crippen LogP contribution is 2.67. The Bertz CT molecular complexity index is 393. The standard InChI is InChI=1S/C15H24N2/c1-11-7-6-8-17-12(11)9-16-10-13-14(2,3)15(13,4)5/h6-8,13,16H,9-10H2,1-5H3. The highest BCUT2D eigenvalue weighted by atomic mass is 14.9. The third-order valence-electron chi connectivity index (χ3n) is 5.08. The van der Waals surface area contributed by atoms with Gasteiger partial charge in [-0.25, -0.2) is 0 Å². The van der Waals surface area contributed by atoms with Crippen molar-refractivity contribution in [3.8, 4) is 0 Å². The van der Waals surface area contributed by atoms with E-state index in [1.54, 1.807) is 0 Å². The van der Waals surface area contributed by atoms with Gasteiger partial charge in [-0.1, -0.05) is 33.8 Å². The van der Waals surface area contributed by atoms with Crippen LogP contribution in [0.1, 0.15) is 39.0 Å². The van der Waals surface area contributed by atoms with Gasteiger partial charge in [-0.3, -0.25) is 4.98 Å². The van der Waals surface area contributed by atoms with Crippen LogP contribution >= 0.6 is 0 Å². The maximum atomic E-state index is 4.41. The third kappa shape index (κ3) is 2.11. The number of hydrogen-bond donors (Lipinski definition) is 1. The normalized spacial score (nSPS) is 21.5. The van der Waals surface area contributed by atoms with Crippen molar-refractivity contribution in [2.75, 3.05) is 6.54 Å². The second-order valence-electron chi connectivity index (χ2n) is 6.39. The number of aromatic nitrogens is 1. The molecule has 2 rings (SSSR count). The average Bonchev–Trinajstić information content (AvgIpc) is 2.63. The molecule has 1 fully saturated rings. The molecule has 0 atom stereocenters. The second kappa shape index (κ2) is 4.09. The minimum atomic E-state index is 0.471. The van der Waals surface area contributed by atoms with E-state index < -0.39 is 0 Å². The van der Waals surface area contributed by atoms with Gasteiger partial charge in [0.25, 0.3) is 0 Å². The summed E-state index contributed by atoms with van der Waals surface area (Å²) in [6.07, 6.45) is 1.87. The highest BCUT2D eigenvalue weighted by molar-refractivity contribution is 5.18. The Morgan fingerprint density at radius 2 is 1.88 bits per heavy atom. The molecule has 1 aromatic rings. The van der Waals surface area contributed by atoms with Gasteiger partial charge in [0.1, 0.15) is 0 Å². The van der Waals surface area contributed by atoms with Crippen LogP contribution in [0.25, 0.3) is 0 Å². The average molecular weight is 232 g/mol. The van der Waals surface area contributed by atoms with Crippen LogP contribution < -0.4 is 5.32 Å². The van der Waals surface area contributed by atoms with E-state index in [4.69, 9.17) is 0 Å². The summed E-state index contributed by atoms with van der Waals surface area (Å²) >= 11 is 0. The van der Waals surface area contributed by atoms with E-state index in [1.807, 2.05) is 12.3 Å². The van der Waals surface area contributed by atoms with Gasteiger partial charge in [0.2, 0.25) is 0 Å². The first kappa shape index (κ1) is 12.6. The fourth-order valence-electron chi connectivity index (χ4n) is 2.88. The van der Waals surface area contributed by atoms with Gasteiger partial charge in [-0.15, -0.1) is 0 Å². The van der Waals surface area contributed by atoms with E-state index in [-0.39, 0.29) is 0 Å². The van der Waals surface area contributed by atoms with Gasteiger partial charge >= 0.3 is 0 Å². The minimum Gasteiger partial charge on any atom is -0.311 e. The topological polar surface area (TPSA) is 24.9 Å². The molecule has 1 saturated carbocycles. The molecule has 1 N–H and O–H groups in total. The monoisotopic (exact) mass is 232 g/mol. The molecule has 0 bridgehead atoms. The van der Waals surface area contributed by atoms with Gasteiger partial charge < -0.3 is 5.32 Å². The van der Waals surface area contributed by atoms with E-state index in [1.165, 1.54) is 11.3 Å². The lowest BCUT2D eigenvalue weighted by molar-refractivity contribution is 0.457. The summed E-state index contributed by atoms with van der Waals surface area (Å²) in [5.41, 5.74) is 3.39. The van der Waals surface area contributed by atoms with Crippen molar-refractivity contribution in [1.29, 1.82) is 0 Å². The molecule has 0 unspecified atom stereocenters. The predicted molar refractivity (Wildman–Crippen MR) is 71.7 cm³/mol. The number of aryl methyl sites for hydroxylation is 1. The third-order valence-corrected chi connectivity index (χ3v) is 5.08. The second-order valence-corrected chi connectivity index (χ2v) is 6.39. The smallest absolute Gasteiger partial charge is 0.0570 e. The van der Waals surface area contributed by atoms with Crippen molar-refractivity contribution in [2.24, 2.45) is 16.7 Å².